The van der Waals surface area contributed by atoms with E-state index in [1.807, 2.05) is 6.92 Å². The van der Waals surface area contributed by atoms with Crippen LogP contribution in [0.5, 0.6) is 0 Å². The van der Waals surface area contributed by atoms with Crippen LogP contribution in [0.3, 0.4) is 0 Å². The monoisotopic (exact) mass is 506 g/mol. The van der Waals surface area contributed by atoms with E-state index in [1.165, 1.54) is 30.7 Å². The van der Waals surface area contributed by atoms with E-state index >= 15 is 0 Å². The van der Waals surface area contributed by atoms with Gasteiger partial charge in [-0.2, -0.15) is 0 Å². The summed E-state index contributed by atoms with van der Waals surface area (Å²) in [5.41, 5.74) is 0.109. The highest BCUT2D eigenvalue weighted by molar-refractivity contribution is 6.05. The fraction of sp³-hybridized carbons (Fsp3) is 0.519. The van der Waals surface area contributed by atoms with Crippen LogP contribution in [0.4, 0.5) is 0 Å². The SMILES string of the molecule is C=COCCCCOC(=O)c1ccc(C(=O)OCCCCOCC)cc1C(=O)OCCCCOC=C. The Morgan fingerprint density at radius 2 is 1.14 bits per heavy atom. The van der Waals surface area contributed by atoms with Gasteiger partial charge >= 0.3 is 17.9 Å². The lowest BCUT2D eigenvalue weighted by atomic mass is 10.0. The van der Waals surface area contributed by atoms with Crippen LogP contribution in [0.1, 0.15) is 76.5 Å². The Morgan fingerprint density at radius 1 is 0.667 bits per heavy atom. The molecule has 0 radical (unpaired) electrons. The molecule has 36 heavy (non-hydrogen) atoms. The minimum absolute atomic E-state index is 0.0191. The first-order valence-electron chi connectivity index (χ1n) is 12.2. The molecule has 0 spiro atoms. The number of carbonyl (C=O) groups is 3. The Balaban J connectivity index is 2.80. The van der Waals surface area contributed by atoms with Crippen LogP contribution in [0.25, 0.3) is 0 Å². The lowest BCUT2D eigenvalue weighted by molar-refractivity contribution is 0.0442. The third-order valence-electron chi connectivity index (χ3n) is 4.83. The third-order valence-corrected chi connectivity index (χ3v) is 4.83. The van der Waals surface area contributed by atoms with Crippen molar-refractivity contribution in [2.24, 2.45) is 0 Å². The van der Waals surface area contributed by atoms with E-state index in [-0.39, 0.29) is 36.5 Å². The van der Waals surface area contributed by atoms with Crippen LogP contribution in [-0.2, 0) is 28.4 Å². The van der Waals surface area contributed by atoms with Gasteiger partial charge in [0.15, 0.2) is 0 Å². The first-order valence-corrected chi connectivity index (χ1v) is 12.2. The average Bonchev–Trinajstić information content (AvgIpc) is 2.89. The molecule has 200 valence electrons. The summed E-state index contributed by atoms with van der Waals surface area (Å²) in [6.45, 7) is 11.5. The minimum Gasteiger partial charge on any atom is -0.502 e. The van der Waals surface area contributed by atoms with Gasteiger partial charge in [-0.3, -0.25) is 0 Å². The van der Waals surface area contributed by atoms with E-state index < -0.39 is 17.9 Å². The van der Waals surface area contributed by atoms with Crippen molar-refractivity contribution in [1.29, 1.82) is 0 Å². The molecule has 0 bridgehead atoms. The first-order chi connectivity index (χ1) is 17.5. The molecule has 0 fully saturated rings. The highest BCUT2D eigenvalue weighted by Crippen LogP contribution is 2.17. The molecular weight excluding hydrogens is 468 g/mol. The van der Waals surface area contributed by atoms with Crippen molar-refractivity contribution in [1.82, 2.24) is 0 Å². The van der Waals surface area contributed by atoms with Gasteiger partial charge in [-0.1, -0.05) is 13.2 Å². The van der Waals surface area contributed by atoms with E-state index in [0.29, 0.717) is 58.5 Å². The van der Waals surface area contributed by atoms with Crippen molar-refractivity contribution >= 4 is 17.9 Å². The summed E-state index contributed by atoms with van der Waals surface area (Å²) in [6, 6.07) is 4.12. The normalized spacial score (nSPS) is 10.2. The van der Waals surface area contributed by atoms with Crippen LogP contribution in [0, 0.1) is 0 Å². The quantitative estimate of drug-likeness (QED) is 0.100. The highest BCUT2D eigenvalue weighted by atomic mass is 16.5. The zero-order valence-electron chi connectivity index (χ0n) is 21.2. The van der Waals surface area contributed by atoms with Crippen LogP contribution in [0.2, 0.25) is 0 Å². The Labute approximate surface area is 213 Å². The smallest absolute Gasteiger partial charge is 0.339 e. The van der Waals surface area contributed by atoms with Crippen molar-refractivity contribution in [3.8, 4) is 0 Å². The van der Waals surface area contributed by atoms with Crippen LogP contribution < -0.4 is 0 Å². The molecule has 0 N–H and O–H groups in total. The molecule has 0 aliphatic heterocycles. The highest BCUT2D eigenvalue weighted by Gasteiger charge is 2.22. The molecule has 0 aliphatic carbocycles. The number of benzene rings is 1. The van der Waals surface area contributed by atoms with Gasteiger partial charge in [0, 0.05) is 13.2 Å². The number of unbranched alkanes of at least 4 members (excludes halogenated alkanes) is 3. The summed E-state index contributed by atoms with van der Waals surface area (Å²) in [5.74, 6) is -2.00. The molecule has 0 aromatic heterocycles. The van der Waals surface area contributed by atoms with Crippen molar-refractivity contribution in [3.05, 3.63) is 60.6 Å². The minimum atomic E-state index is -0.725. The molecule has 1 aromatic carbocycles. The van der Waals surface area contributed by atoms with Crippen molar-refractivity contribution < 1.29 is 42.8 Å². The van der Waals surface area contributed by atoms with E-state index in [0.717, 1.165) is 6.42 Å². The maximum absolute atomic E-state index is 12.8. The van der Waals surface area contributed by atoms with E-state index in [1.54, 1.807) is 0 Å². The van der Waals surface area contributed by atoms with Gasteiger partial charge in [0.2, 0.25) is 0 Å². The summed E-state index contributed by atoms with van der Waals surface area (Å²) >= 11 is 0. The second-order valence-electron chi connectivity index (χ2n) is 7.56. The van der Waals surface area contributed by atoms with Gasteiger partial charge in [-0.05, 0) is 63.6 Å². The Kier molecular flexibility index (Phi) is 17.0. The molecule has 0 unspecified atom stereocenters. The second-order valence-corrected chi connectivity index (χ2v) is 7.56. The summed E-state index contributed by atoms with van der Waals surface area (Å²) in [4.78, 5) is 37.9. The zero-order chi connectivity index (χ0) is 26.4. The van der Waals surface area contributed by atoms with Crippen LogP contribution in [-0.4, -0.2) is 64.2 Å². The lowest BCUT2D eigenvalue weighted by Crippen LogP contribution is -2.17. The zero-order valence-corrected chi connectivity index (χ0v) is 21.2. The van der Waals surface area contributed by atoms with Gasteiger partial charge in [0.25, 0.3) is 0 Å². The van der Waals surface area contributed by atoms with Gasteiger partial charge in [0.1, 0.15) is 0 Å². The summed E-state index contributed by atoms with van der Waals surface area (Å²) < 4.78 is 31.2. The number of esters is 3. The predicted molar refractivity (Wildman–Crippen MR) is 134 cm³/mol. The molecule has 0 aliphatic rings. The summed E-state index contributed by atoms with van der Waals surface area (Å²) in [6.07, 6.45) is 6.61. The number of hydrogen-bond acceptors (Lipinski definition) is 9. The summed E-state index contributed by atoms with van der Waals surface area (Å²) in [7, 11) is 0. The molecule has 0 saturated heterocycles. The predicted octanol–water partition coefficient (Wildman–Crippen LogP) is 4.85. The Morgan fingerprint density at radius 3 is 1.67 bits per heavy atom. The fourth-order valence-electron chi connectivity index (χ4n) is 2.94. The molecule has 0 heterocycles. The largest absolute Gasteiger partial charge is 0.502 e. The van der Waals surface area contributed by atoms with Gasteiger partial charge in [-0.25, -0.2) is 14.4 Å². The maximum Gasteiger partial charge on any atom is 0.339 e. The number of ether oxygens (including phenoxy) is 6. The molecule has 0 saturated carbocycles. The van der Waals surface area contributed by atoms with E-state index in [2.05, 4.69) is 13.2 Å². The maximum atomic E-state index is 12.8. The van der Waals surface area contributed by atoms with Crippen molar-refractivity contribution in [3.63, 3.8) is 0 Å². The average molecular weight is 507 g/mol. The standard InChI is InChI=1S/C27H38O9/c1-4-31-15-7-10-18-34-25(28)22-13-14-23(26(29)35-19-11-8-16-32-5-2)24(21-22)27(30)36-20-12-9-17-33-6-3/h5-6,13-14,21H,2-4,7-12,15-20H2,1H3. The van der Waals surface area contributed by atoms with Gasteiger partial charge in [0.05, 0.1) is 62.2 Å². The van der Waals surface area contributed by atoms with E-state index in [9.17, 15) is 14.4 Å². The van der Waals surface area contributed by atoms with Crippen LogP contribution >= 0.6 is 0 Å². The fourth-order valence-corrected chi connectivity index (χ4v) is 2.94. The van der Waals surface area contributed by atoms with E-state index in [4.69, 9.17) is 28.4 Å². The summed E-state index contributed by atoms with van der Waals surface area (Å²) in [5, 5.41) is 0. The lowest BCUT2D eigenvalue weighted by Gasteiger charge is -2.12. The third kappa shape index (κ3) is 12.9. The van der Waals surface area contributed by atoms with Crippen molar-refractivity contribution in [2.45, 2.75) is 45.4 Å². The molecule has 1 aromatic rings. The Hall–Kier alpha value is -3.33. The number of carbonyl (C=O) groups excluding carboxylic acids is 3. The molecular formula is C27H38O9. The number of rotatable bonds is 21. The number of hydrogen-bond donors (Lipinski definition) is 0. The van der Waals surface area contributed by atoms with Crippen LogP contribution in [0.15, 0.2) is 43.9 Å². The first kappa shape index (κ1) is 30.7. The Bertz CT molecular complexity index is 819. The molecule has 9 nitrogen and oxygen atoms in total. The van der Waals surface area contributed by atoms with Crippen molar-refractivity contribution in [2.75, 3.05) is 46.2 Å². The topological polar surface area (TPSA) is 107 Å². The second kappa shape index (κ2) is 19.9. The molecule has 0 amide bonds. The van der Waals surface area contributed by atoms with Gasteiger partial charge in [-0.15, -0.1) is 0 Å². The van der Waals surface area contributed by atoms with Gasteiger partial charge < -0.3 is 28.4 Å². The molecule has 9 heteroatoms. The molecule has 1 rings (SSSR count). The molecule has 0 atom stereocenters.